The van der Waals surface area contributed by atoms with E-state index < -0.39 is 47.3 Å². The molecule has 3 unspecified atom stereocenters. The molecule has 0 bridgehead atoms. The van der Waals surface area contributed by atoms with Crippen molar-refractivity contribution in [2.75, 3.05) is 0 Å². The summed E-state index contributed by atoms with van der Waals surface area (Å²) in [4.78, 5) is 11.6. The van der Waals surface area contributed by atoms with Crippen LogP contribution in [0, 0.1) is 0 Å². The highest BCUT2D eigenvalue weighted by molar-refractivity contribution is 7.96. The Morgan fingerprint density at radius 2 is 1.65 bits per heavy atom. The molecular formula is C10H12F6O6S. The van der Waals surface area contributed by atoms with Gasteiger partial charge in [-0.15, -0.1) is 4.33 Å². The molecule has 1 rings (SSSR count). The van der Waals surface area contributed by atoms with Crippen LogP contribution < -0.4 is 0 Å². The molecule has 0 radical (unpaired) electrons. The van der Waals surface area contributed by atoms with Crippen LogP contribution in [0.3, 0.4) is 0 Å². The highest BCUT2D eigenvalue weighted by Gasteiger charge is 2.77. The Hall–Kier alpha value is -0.760. The Balaban J connectivity index is 3.02. The minimum absolute atomic E-state index is 0.0391. The zero-order chi connectivity index (χ0) is 17.9. The molecule has 1 aliphatic carbocycles. The number of aliphatic hydroxyl groups excluding tert-OH is 1. The highest BCUT2D eigenvalue weighted by Crippen LogP contribution is 2.52. The first-order chi connectivity index (χ1) is 10.5. The van der Waals surface area contributed by atoms with Crippen LogP contribution in [0.4, 0.5) is 26.3 Å². The van der Waals surface area contributed by atoms with E-state index in [1.807, 2.05) is 0 Å². The van der Waals surface area contributed by atoms with Crippen molar-refractivity contribution in [2.45, 2.75) is 55.0 Å². The molecule has 13 heteroatoms. The minimum Gasteiger partial charge on any atom is -0.456 e. The zero-order valence-electron chi connectivity index (χ0n) is 11.2. The number of carbonyl (C=O) groups excluding carboxylic acids is 1. The summed E-state index contributed by atoms with van der Waals surface area (Å²) in [6.45, 7) is 0. The Morgan fingerprint density at radius 1 is 1.09 bits per heavy atom. The van der Waals surface area contributed by atoms with Crippen molar-refractivity contribution < 1.29 is 55.6 Å². The molecule has 1 fully saturated rings. The van der Waals surface area contributed by atoms with Gasteiger partial charge in [-0.05, 0) is 19.3 Å². The maximum absolute atomic E-state index is 14.1. The van der Waals surface area contributed by atoms with E-state index in [0.717, 1.165) is 0 Å². The van der Waals surface area contributed by atoms with Gasteiger partial charge in [0.05, 0.1) is 18.1 Å². The molecule has 0 aliphatic heterocycles. The monoisotopic (exact) mass is 374 g/mol. The molecule has 0 aromatic heterocycles. The lowest BCUT2D eigenvalue weighted by Crippen LogP contribution is -2.58. The molecule has 6 nitrogen and oxygen atoms in total. The maximum atomic E-state index is 14.1. The Morgan fingerprint density at radius 3 is 2.13 bits per heavy atom. The van der Waals surface area contributed by atoms with Crippen molar-refractivity contribution in [1.82, 2.24) is 0 Å². The summed E-state index contributed by atoms with van der Waals surface area (Å²) in [6.07, 6.45) is -8.24. The summed E-state index contributed by atoms with van der Waals surface area (Å²) in [6, 6.07) is 0. The SMILES string of the molecule is O=C(OC1CCCCC1O)C(F)(SOOO)C(F)(F)C(F)(F)F. The molecule has 1 aliphatic rings. The van der Waals surface area contributed by atoms with Crippen LogP contribution in [0.2, 0.25) is 0 Å². The lowest BCUT2D eigenvalue weighted by molar-refractivity contribution is -0.434. The molecule has 0 heterocycles. The van der Waals surface area contributed by atoms with Gasteiger partial charge in [0.15, 0.2) is 0 Å². The predicted octanol–water partition coefficient (Wildman–Crippen LogP) is 2.77. The summed E-state index contributed by atoms with van der Waals surface area (Å²) in [7, 11) is 0. The van der Waals surface area contributed by atoms with E-state index in [1.165, 1.54) is 0 Å². The van der Waals surface area contributed by atoms with E-state index >= 15 is 0 Å². The zero-order valence-corrected chi connectivity index (χ0v) is 12.0. The Kier molecular flexibility index (Phi) is 6.55. The number of halogens is 6. The van der Waals surface area contributed by atoms with Crippen molar-refractivity contribution in [3.05, 3.63) is 0 Å². The highest BCUT2D eigenvalue weighted by atomic mass is 32.2. The van der Waals surface area contributed by atoms with Gasteiger partial charge >= 0.3 is 23.1 Å². The first kappa shape index (κ1) is 20.3. The second-order valence-corrected chi connectivity index (χ2v) is 5.55. The van der Waals surface area contributed by atoms with Crippen LogP contribution in [-0.4, -0.2) is 45.6 Å². The molecular weight excluding hydrogens is 362 g/mol. The van der Waals surface area contributed by atoms with Gasteiger partial charge in [0, 0.05) is 0 Å². The predicted molar refractivity (Wildman–Crippen MR) is 61.6 cm³/mol. The first-order valence-corrected chi connectivity index (χ1v) is 6.90. The van der Waals surface area contributed by atoms with Crippen LogP contribution in [0.5, 0.6) is 0 Å². The van der Waals surface area contributed by atoms with E-state index in [2.05, 4.69) is 14.1 Å². The van der Waals surface area contributed by atoms with Gasteiger partial charge in [-0.3, -0.25) is 0 Å². The topological polar surface area (TPSA) is 85.2 Å². The number of hydrogen-bond donors (Lipinski definition) is 2. The van der Waals surface area contributed by atoms with Crippen molar-refractivity contribution in [3.8, 4) is 0 Å². The third kappa shape index (κ3) is 4.21. The van der Waals surface area contributed by atoms with Crippen LogP contribution in [0.1, 0.15) is 25.7 Å². The lowest BCUT2D eigenvalue weighted by Gasteiger charge is -2.33. The van der Waals surface area contributed by atoms with E-state index in [4.69, 9.17) is 5.26 Å². The maximum Gasteiger partial charge on any atom is 0.458 e. The van der Waals surface area contributed by atoms with Crippen molar-refractivity contribution in [3.63, 3.8) is 0 Å². The van der Waals surface area contributed by atoms with E-state index in [-0.39, 0.29) is 12.8 Å². The number of carbonyl (C=O) groups is 1. The largest absolute Gasteiger partial charge is 0.458 e. The second kappa shape index (κ2) is 7.42. The summed E-state index contributed by atoms with van der Waals surface area (Å²) in [5, 5.41) is 15.0. The van der Waals surface area contributed by atoms with Gasteiger partial charge in [0.2, 0.25) is 0 Å². The standard InChI is InChI=1S/C10H12F6O6S/c11-8(23-22-21-19,9(12,13)10(14,15)16)7(18)20-6-4-2-1-3-5(6)17/h5-6,17,19H,1-4H2. The molecule has 0 aromatic carbocycles. The molecule has 1 saturated carbocycles. The number of rotatable bonds is 6. The first-order valence-electron chi connectivity index (χ1n) is 6.16. The molecule has 0 spiro atoms. The third-order valence-electron chi connectivity index (χ3n) is 3.13. The van der Waals surface area contributed by atoms with E-state index in [0.29, 0.717) is 12.8 Å². The Bertz CT molecular complexity index is 421. The van der Waals surface area contributed by atoms with Crippen LogP contribution in [0.25, 0.3) is 0 Å². The fourth-order valence-electron chi connectivity index (χ4n) is 1.89. The van der Waals surface area contributed by atoms with Gasteiger partial charge in [-0.25, -0.2) is 14.4 Å². The molecule has 2 N–H and O–H groups in total. The van der Waals surface area contributed by atoms with Gasteiger partial charge in [-0.1, -0.05) is 11.5 Å². The lowest BCUT2D eigenvalue weighted by atomic mass is 9.95. The molecule has 136 valence electrons. The average Bonchev–Trinajstić information content (AvgIpc) is 2.45. The van der Waals surface area contributed by atoms with Gasteiger partial charge in [-0.2, -0.15) is 22.0 Å². The van der Waals surface area contributed by atoms with Crippen LogP contribution in [0.15, 0.2) is 0 Å². The molecule has 23 heavy (non-hydrogen) atoms. The summed E-state index contributed by atoms with van der Waals surface area (Å²) < 4.78 is 85.3. The van der Waals surface area contributed by atoms with E-state index in [1.54, 1.807) is 0 Å². The van der Waals surface area contributed by atoms with Gasteiger partial charge in [0.1, 0.15) is 6.10 Å². The second-order valence-electron chi connectivity index (χ2n) is 4.69. The van der Waals surface area contributed by atoms with Crippen molar-refractivity contribution >= 4 is 18.0 Å². The number of ether oxygens (including phenoxy) is 1. The molecule has 3 atom stereocenters. The van der Waals surface area contributed by atoms with E-state index in [9.17, 15) is 36.2 Å². The molecule has 0 amide bonds. The average molecular weight is 374 g/mol. The van der Waals surface area contributed by atoms with Gasteiger partial charge in [0.25, 0.3) is 0 Å². The Labute approximate surface area is 129 Å². The van der Waals surface area contributed by atoms with Gasteiger partial charge < -0.3 is 9.84 Å². The third-order valence-corrected chi connectivity index (χ3v) is 3.91. The van der Waals surface area contributed by atoms with Crippen LogP contribution >= 0.6 is 12.0 Å². The fourth-order valence-corrected chi connectivity index (χ4v) is 2.35. The van der Waals surface area contributed by atoms with Crippen molar-refractivity contribution in [1.29, 1.82) is 0 Å². The number of aliphatic hydroxyl groups is 1. The summed E-state index contributed by atoms with van der Waals surface area (Å²) in [5.41, 5.74) is 0. The summed E-state index contributed by atoms with van der Waals surface area (Å²) in [5.74, 6) is -8.84. The summed E-state index contributed by atoms with van der Waals surface area (Å²) >= 11 is -1.41. The normalized spacial score (nSPS) is 25.7. The molecule has 0 saturated heterocycles. The fraction of sp³-hybridized carbons (Fsp3) is 0.900. The molecule has 0 aromatic rings. The number of esters is 1. The van der Waals surface area contributed by atoms with Crippen molar-refractivity contribution in [2.24, 2.45) is 0 Å². The number of alkyl halides is 6. The minimum atomic E-state index is -6.46. The quantitative estimate of drug-likeness (QED) is 0.243. The van der Waals surface area contributed by atoms with Crippen LogP contribution in [-0.2, 0) is 18.9 Å². The number of hydrogen-bond acceptors (Lipinski definition) is 7. The smallest absolute Gasteiger partial charge is 0.456 e.